The van der Waals surface area contributed by atoms with Crippen LogP contribution in [-0.4, -0.2) is 14.5 Å². The van der Waals surface area contributed by atoms with E-state index in [1.165, 1.54) is 68.7 Å². The Hall–Kier alpha value is -5.53. The molecule has 0 radical (unpaired) electrons. The molecule has 0 unspecified atom stereocenters. The van der Waals surface area contributed by atoms with Gasteiger partial charge in [-0.15, -0.1) is 0 Å². The molecule has 0 N–H and O–H groups in total. The molecule has 0 nitrogen and oxygen atoms in total. The van der Waals surface area contributed by atoms with Crippen molar-refractivity contribution in [2.75, 3.05) is 0 Å². The van der Waals surface area contributed by atoms with Crippen LogP contribution in [0.25, 0.3) is 95.8 Å². The van der Waals surface area contributed by atoms with Crippen molar-refractivity contribution in [3.8, 4) is 33.4 Å². The van der Waals surface area contributed by atoms with Gasteiger partial charge in [0.15, 0.2) is 0 Å². The first-order valence-corrected chi connectivity index (χ1v) is 18.0. The minimum absolute atomic E-state index is 0.0729. The summed E-state index contributed by atoms with van der Waals surface area (Å²) in [6.45, 7) is 0. The summed E-state index contributed by atoms with van der Waals surface area (Å²) in [5, 5.41) is 10.9. The Bertz CT molecular complexity index is 2780. The van der Waals surface area contributed by atoms with Gasteiger partial charge in [-0.1, -0.05) is 0 Å². The van der Waals surface area contributed by atoms with Crippen LogP contribution in [-0.2, 0) is 0 Å². The number of benzene rings is 9. The first-order chi connectivity index (χ1) is 23.8. The first-order valence-electron chi connectivity index (χ1n) is 16.3. The molecule has 1 aromatic heterocycles. The van der Waals surface area contributed by atoms with Crippen molar-refractivity contribution in [1.29, 1.82) is 0 Å². The van der Waals surface area contributed by atoms with Gasteiger partial charge in [0.25, 0.3) is 0 Å². The van der Waals surface area contributed by atoms with Gasteiger partial charge in [-0.2, -0.15) is 0 Å². The van der Waals surface area contributed by atoms with Crippen LogP contribution in [0.2, 0.25) is 0 Å². The van der Waals surface area contributed by atoms with Crippen molar-refractivity contribution in [3.05, 3.63) is 170 Å². The van der Waals surface area contributed by atoms with Gasteiger partial charge in [0, 0.05) is 0 Å². The average Bonchev–Trinajstić information content (AvgIpc) is 3.53. The Labute approximate surface area is 283 Å². The summed E-state index contributed by atoms with van der Waals surface area (Å²) < 4.78 is 18.6. The van der Waals surface area contributed by atoms with Crippen LogP contribution in [0.1, 0.15) is 0 Å². The van der Waals surface area contributed by atoms with E-state index in [1.54, 1.807) is 0 Å². The van der Waals surface area contributed by atoms with E-state index in [-0.39, 0.29) is 20.3 Å². The zero-order valence-corrected chi connectivity index (χ0v) is 27.6. The Morgan fingerprint density at radius 3 is 1.35 bits per heavy atom. The van der Waals surface area contributed by atoms with Crippen molar-refractivity contribution in [2.45, 2.75) is 0 Å². The minimum atomic E-state index is -0.145. The Kier molecular flexibility index (Phi) is 6.18. The maximum absolute atomic E-state index is 15.8. The molecule has 0 saturated carbocycles. The molecule has 1 heterocycles. The predicted molar refractivity (Wildman–Crippen MR) is 205 cm³/mol. The van der Waals surface area contributed by atoms with Crippen molar-refractivity contribution < 1.29 is 4.39 Å². The van der Waals surface area contributed by atoms with Crippen LogP contribution in [0.5, 0.6) is 0 Å². The van der Waals surface area contributed by atoms with Crippen molar-refractivity contribution >= 4 is 76.9 Å². The molecule has 0 aliphatic heterocycles. The number of rotatable bonds is 3. The molecule has 0 amide bonds. The summed E-state index contributed by atoms with van der Waals surface area (Å²) in [5.74, 6) is -0.145. The van der Waals surface area contributed by atoms with Gasteiger partial charge in [0.05, 0.1) is 0 Å². The Morgan fingerprint density at radius 2 is 0.792 bits per heavy atom. The van der Waals surface area contributed by atoms with Gasteiger partial charge in [-0.3, -0.25) is 0 Å². The standard InChI is InChI=1S/C46H27FSe/c47-45-37-21-10-8-19-35(37)44(36-20-9-11-22-38(36)45)40-24-12-23-39-30-26-25-29(27-41(30)48-46(39)40)43-33-17-6-4-15-31(33)42(28-13-2-1-3-14-28)32-16-5-7-18-34(32)43/h1-27H. The zero-order valence-electron chi connectivity index (χ0n) is 25.9. The van der Waals surface area contributed by atoms with Crippen LogP contribution in [0.4, 0.5) is 4.39 Å². The molecule has 10 aromatic rings. The van der Waals surface area contributed by atoms with E-state index >= 15 is 4.39 Å². The summed E-state index contributed by atoms with van der Waals surface area (Å²) in [5.41, 5.74) is 7.38. The molecule has 2 heteroatoms. The number of fused-ring (bicyclic) bond motifs is 7. The Balaban J connectivity index is 1.26. The van der Waals surface area contributed by atoms with E-state index in [4.69, 9.17) is 0 Å². The SMILES string of the molecule is Fc1c2ccccc2c(-c2cccc3c2[se]c2cc(-c4c5ccccc5c(-c5ccccc5)c5ccccc45)ccc23)c2ccccc12. The molecular formula is C46H27FSe. The van der Waals surface area contributed by atoms with Crippen LogP contribution in [0.3, 0.4) is 0 Å². The monoisotopic (exact) mass is 678 g/mol. The first kappa shape index (κ1) is 27.6. The topological polar surface area (TPSA) is 0 Å². The predicted octanol–water partition coefficient (Wildman–Crippen LogP) is 12.8. The van der Waals surface area contributed by atoms with Crippen LogP contribution >= 0.6 is 0 Å². The molecule has 9 aromatic carbocycles. The molecule has 0 spiro atoms. The third-order valence-electron chi connectivity index (χ3n) is 9.92. The number of halogens is 1. The molecule has 0 saturated heterocycles. The number of hydrogen-bond donors (Lipinski definition) is 0. The molecule has 224 valence electrons. The quantitative estimate of drug-likeness (QED) is 0.129. The molecule has 48 heavy (non-hydrogen) atoms. The van der Waals surface area contributed by atoms with E-state index in [9.17, 15) is 0 Å². The molecular weight excluding hydrogens is 650 g/mol. The van der Waals surface area contributed by atoms with Gasteiger partial charge < -0.3 is 0 Å². The summed E-state index contributed by atoms with van der Waals surface area (Å²) >= 11 is 0.0729. The van der Waals surface area contributed by atoms with E-state index in [0.29, 0.717) is 10.8 Å². The fraction of sp³-hybridized carbons (Fsp3) is 0. The van der Waals surface area contributed by atoms with Gasteiger partial charge >= 0.3 is 284 Å². The second-order valence-electron chi connectivity index (χ2n) is 12.5. The second-order valence-corrected chi connectivity index (χ2v) is 14.7. The van der Waals surface area contributed by atoms with E-state index in [0.717, 1.165) is 16.3 Å². The average molecular weight is 678 g/mol. The second kappa shape index (κ2) is 10.8. The molecule has 10 rings (SSSR count). The van der Waals surface area contributed by atoms with Gasteiger partial charge in [0.1, 0.15) is 0 Å². The maximum atomic E-state index is 15.8. The molecule has 0 atom stereocenters. The summed E-state index contributed by atoms with van der Waals surface area (Å²) in [6.07, 6.45) is 0. The van der Waals surface area contributed by atoms with Gasteiger partial charge in [0.2, 0.25) is 0 Å². The molecule has 0 fully saturated rings. The normalized spacial score (nSPS) is 11.9. The van der Waals surface area contributed by atoms with E-state index < -0.39 is 0 Å². The zero-order chi connectivity index (χ0) is 31.8. The van der Waals surface area contributed by atoms with Crippen molar-refractivity contribution in [2.24, 2.45) is 0 Å². The summed E-state index contributed by atoms with van der Waals surface area (Å²) in [6, 6.07) is 58.1. The third kappa shape index (κ3) is 4.00. The summed E-state index contributed by atoms with van der Waals surface area (Å²) in [4.78, 5) is 0. The van der Waals surface area contributed by atoms with E-state index in [1.807, 2.05) is 36.4 Å². The van der Waals surface area contributed by atoms with Gasteiger partial charge in [-0.05, 0) is 0 Å². The van der Waals surface area contributed by atoms with E-state index in [2.05, 4.69) is 127 Å². The number of hydrogen-bond acceptors (Lipinski definition) is 0. The fourth-order valence-corrected chi connectivity index (χ4v) is 10.5. The fourth-order valence-electron chi connectivity index (χ4n) is 7.87. The molecule has 0 aliphatic rings. The van der Waals surface area contributed by atoms with Crippen LogP contribution in [0.15, 0.2) is 164 Å². The molecule has 0 bridgehead atoms. The van der Waals surface area contributed by atoms with Gasteiger partial charge in [-0.25, -0.2) is 0 Å². The van der Waals surface area contributed by atoms with Crippen molar-refractivity contribution in [3.63, 3.8) is 0 Å². The van der Waals surface area contributed by atoms with Crippen molar-refractivity contribution in [1.82, 2.24) is 0 Å². The van der Waals surface area contributed by atoms with Crippen LogP contribution in [0, 0.1) is 5.82 Å². The molecule has 0 aliphatic carbocycles. The van der Waals surface area contributed by atoms with Crippen LogP contribution < -0.4 is 0 Å². The Morgan fingerprint density at radius 1 is 0.333 bits per heavy atom. The third-order valence-corrected chi connectivity index (χ3v) is 12.4. The summed E-state index contributed by atoms with van der Waals surface area (Å²) in [7, 11) is 0.